The fourth-order valence-corrected chi connectivity index (χ4v) is 2.78. The summed E-state index contributed by atoms with van der Waals surface area (Å²) in [6, 6.07) is 0.666. The molecule has 1 saturated carbocycles. The summed E-state index contributed by atoms with van der Waals surface area (Å²) in [5, 5.41) is 8.79. The molecule has 0 radical (unpaired) electrons. The van der Waals surface area contributed by atoms with Crippen molar-refractivity contribution in [3.63, 3.8) is 0 Å². The Morgan fingerprint density at radius 2 is 1.93 bits per heavy atom. The molecular weight excluding hydrogens is 178 g/mol. The van der Waals surface area contributed by atoms with Gasteiger partial charge < -0.3 is 5.11 Å². The molecule has 1 N–H and O–H groups in total. The third kappa shape index (κ3) is 1.78. The van der Waals surface area contributed by atoms with E-state index >= 15 is 0 Å². The van der Waals surface area contributed by atoms with Crippen LogP contribution in [0.1, 0.15) is 32.6 Å². The van der Waals surface area contributed by atoms with Gasteiger partial charge in [-0.15, -0.1) is 0 Å². The minimum absolute atomic E-state index is 0.0934. The summed E-state index contributed by atoms with van der Waals surface area (Å²) in [7, 11) is 0. The number of rotatable bonds is 2. The Bertz CT molecular complexity index is 223. The molecule has 1 aliphatic carbocycles. The summed E-state index contributed by atoms with van der Waals surface area (Å²) >= 11 is 0. The van der Waals surface area contributed by atoms with Crippen LogP contribution in [0, 0.1) is 11.8 Å². The molecule has 0 amide bonds. The second kappa shape index (κ2) is 3.89. The molecule has 0 aromatic heterocycles. The predicted molar refractivity (Wildman–Crippen MR) is 54.1 cm³/mol. The van der Waals surface area contributed by atoms with E-state index in [-0.39, 0.29) is 5.92 Å². The molecule has 3 heteroatoms. The predicted octanol–water partition coefficient (Wildman–Crippen LogP) is 1.58. The van der Waals surface area contributed by atoms with Crippen molar-refractivity contribution in [1.82, 2.24) is 4.90 Å². The number of hydrogen-bond donors (Lipinski definition) is 1. The fraction of sp³-hybridized carbons (Fsp3) is 0.909. The lowest BCUT2D eigenvalue weighted by atomic mass is 9.82. The maximum absolute atomic E-state index is 10.7. The zero-order valence-corrected chi connectivity index (χ0v) is 8.78. The van der Waals surface area contributed by atoms with Gasteiger partial charge >= 0.3 is 5.97 Å². The van der Waals surface area contributed by atoms with Crippen molar-refractivity contribution >= 4 is 5.97 Å². The van der Waals surface area contributed by atoms with Crippen molar-refractivity contribution in [3.05, 3.63) is 0 Å². The van der Waals surface area contributed by atoms with Gasteiger partial charge in [0.05, 0.1) is 5.92 Å². The van der Waals surface area contributed by atoms with Crippen molar-refractivity contribution in [1.29, 1.82) is 0 Å². The molecule has 14 heavy (non-hydrogen) atoms. The Morgan fingerprint density at radius 1 is 1.29 bits per heavy atom. The second-order valence-corrected chi connectivity index (χ2v) is 4.82. The molecule has 80 valence electrons. The third-order valence-corrected chi connectivity index (χ3v) is 3.79. The van der Waals surface area contributed by atoms with Gasteiger partial charge in [-0.25, -0.2) is 0 Å². The lowest BCUT2D eigenvalue weighted by molar-refractivity contribution is -0.149. The number of likely N-dealkylation sites (tertiary alicyclic amines) is 1. The summed E-state index contributed by atoms with van der Waals surface area (Å²) in [6.45, 7) is 3.87. The minimum atomic E-state index is -0.621. The zero-order valence-electron chi connectivity index (χ0n) is 8.78. The topological polar surface area (TPSA) is 40.5 Å². The molecule has 1 heterocycles. The Labute approximate surface area is 85.1 Å². The van der Waals surface area contributed by atoms with Crippen LogP contribution >= 0.6 is 0 Å². The first-order valence-electron chi connectivity index (χ1n) is 5.65. The van der Waals surface area contributed by atoms with Gasteiger partial charge in [0.1, 0.15) is 0 Å². The normalized spacial score (nSPS) is 35.2. The van der Waals surface area contributed by atoms with E-state index in [0.29, 0.717) is 6.04 Å². The second-order valence-electron chi connectivity index (χ2n) is 4.82. The van der Waals surface area contributed by atoms with Gasteiger partial charge in [-0.1, -0.05) is 19.8 Å². The van der Waals surface area contributed by atoms with Crippen LogP contribution in [-0.4, -0.2) is 35.1 Å². The lowest BCUT2D eigenvalue weighted by Crippen LogP contribution is -2.57. The summed E-state index contributed by atoms with van der Waals surface area (Å²) < 4.78 is 0. The average molecular weight is 197 g/mol. The molecule has 2 rings (SSSR count). The van der Waals surface area contributed by atoms with E-state index in [1.165, 1.54) is 25.7 Å². The lowest BCUT2D eigenvalue weighted by Gasteiger charge is -2.46. The molecule has 0 spiro atoms. The Morgan fingerprint density at radius 3 is 2.50 bits per heavy atom. The van der Waals surface area contributed by atoms with E-state index in [2.05, 4.69) is 11.8 Å². The van der Waals surface area contributed by atoms with Crippen LogP contribution in [0.3, 0.4) is 0 Å². The number of aliphatic carboxylic acids is 1. The van der Waals surface area contributed by atoms with Gasteiger partial charge in [0.2, 0.25) is 0 Å². The van der Waals surface area contributed by atoms with E-state index in [1.807, 2.05) is 0 Å². The van der Waals surface area contributed by atoms with Crippen LogP contribution in [0.5, 0.6) is 0 Å². The van der Waals surface area contributed by atoms with Crippen LogP contribution in [-0.2, 0) is 4.79 Å². The van der Waals surface area contributed by atoms with Crippen LogP contribution in [0.4, 0.5) is 0 Å². The first kappa shape index (κ1) is 9.97. The number of carboxylic acid groups (broad SMARTS) is 1. The standard InChI is InChI=1S/C11H19NO2/c1-8-4-2-3-5-10(8)12-6-9(7-12)11(13)14/h8-10H,2-7H2,1H3,(H,13,14). The molecule has 3 nitrogen and oxygen atoms in total. The third-order valence-electron chi connectivity index (χ3n) is 3.79. The summed E-state index contributed by atoms with van der Waals surface area (Å²) in [5.74, 6) is 0.0485. The first-order valence-corrected chi connectivity index (χ1v) is 5.65. The van der Waals surface area contributed by atoms with Crippen LogP contribution < -0.4 is 0 Å². The van der Waals surface area contributed by atoms with Gasteiger partial charge in [-0.3, -0.25) is 9.69 Å². The van der Waals surface area contributed by atoms with E-state index in [1.54, 1.807) is 0 Å². The van der Waals surface area contributed by atoms with Crippen LogP contribution in [0.25, 0.3) is 0 Å². The highest BCUT2D eigenvalue weighted by Gasteiger charge is 2.38. The van der Waals surface area contributed by atoms with Crippen molar-refractivity contribution in [3.8, 4) is 0 Å². The maximum atomic E-state index is 10.7. The molecule has 0 aromatic rings. The highest BCUT2D eigenvalue weighted by atomic mass is 16.4. The highest BCUT2D eigenvalue weighted by Crippen LogP contribution is 2.32. The summed E-state index contributed by atoms with van der Waals surface area (Å²) in [6.07, 6.45) is 5.27. The number of nitrogens with zero attached hydrogens (tertiary/aromatic N) is 1. The fourth-order valence-electron chi connectivity index (χ4n) is 2.78. The van der Waals surface area contributed by atoms with E-state index in [0.717, 1.165) is 19.0 Å². The quantitative estimate of drug-likeness (QED) is 0.730. The Hall–Kier alpha value is -0.570. The summed E-state index contributed by atoms with van der Waals surface area (Å²) in [5.41, 5.74) is 0. The molecule has 2 atom stereocenters. The number of carbonyl (C=O) groups is 1. The van der Waals surface area contributed by atoms with Crippen molar-refractivity contribution < 1.29 is 9.90 Å². The van der Waals surface area contributed by atoms with Crippen molar-refractivity contribution in [2.75, 3.05) is 13.1 Å². The minimum Gasteiger partial charge on any atom is -0.481 e. The van der Waals surface area contributed by atoms with Gasteiger partial charge in [-0.2, -0.15) is 0 Å². The number of hydrogen-bond acceptors (Lipinski definition) is 2. The summed E-state index contributed by atoms with van der Waals surface area (Å²) in [4.78, 5) is 13.0. The maximum Gasteiger partial charge on any atom is 0.309 e. The molecule has 2 aliphatic rings. The number of carboxylic acids is 1. The molecule has 1 saturated heterocycles. The SMILES string of the molecule is CC1CCCCC1N1CC(C(=O)O)C1. The van der Waals surface area contributed by atoms with E-state index < -0.39 is 5.97 Å². The molecule has 2 unspecified atom stereocenters. The van der Waals surface area contributed by atoms with Crippen molar-refractivity contribution in [2.24, 2.45) is 11.8 Å². The highest BCUT2D eigenvalue weighted by molar-refractivity contribution is 5.71. The van der Waals surface area contributed by atoms with Gasteiger partial charge in [0, 0.05) is 19.1 Å². The Balaban J connectivity index is 1.83. The van der Waals surface area contributed by atoms with Gasteiger partial charge in [0.25, 0.3) is 0 Å². The first-order chi connectivity index (χ1) is 6.68. The zero-order chi connectivity index (χ0) is 10.1. The van der Waals surface area contributed by atoms with Crippen molar-refractivity contribution in [2.45, 2.75) is 38.6 Å². The smallest absolute Gasteiger partial charge is 0.309 e. The largest absolute Gasteiger partial charge is 0.481 e. The molecule has 2 fully saturated rings. The van der Waals surface area contributed by atoms with Gasteiger partial charge in [-0.05, 0) is 18.8 Å². The van der Waals surface area contributed by atoms with Crippen LogP contribution in [0.2, 0.25) is 0 Å². The average Bonchev–Trinajstić information content (AvgIpc) is 2.05. The van der Waals surface area contributed by atoms with Crippen LogP contribution in [0.15, 0.2) is 0 Å². The molecule has 0 bridgehead atoms. The molecule has 0 aromatic carbocycles. The van der Waals surface area contributed by atoms with Gasteiger partial charge in [0.15, 0.2) is 0 Å². The van der Waals surface area contributed by atoms with E-state index in [4.69, 9.17) is 5.11 Å². The molecular formula is C11H19NO2. The Kier molecular flexibility index (Phi) is 2.77. The van der Waals surface area contributed by atoms with E-state index in [9.17, 15) is 4.79 Å². The monoisotopic (exact) mass is 197 g/mol. The molecule has 1 aliphatic heterocycles.